The van der Waals surface area contributed by atoms with Crippen molar-refractivity contribution in [2.75, 3.05) is 0 Å². The molecule has 0 amide bonds. The first-order valence-electron chi connectivity index (χ1n) is 8.14. The molecule has 0 saturated heterocycles. The first-order chi connectivity index (χ1) is 11.9. The van der Waals surface area contributed by atoms with Crippen molar-refractivity contribution in [1.29, 1.82) is 0 Å². The van der Waals surface area contributed by atoms with Gasteiger partial charge < -0.3 is 9.05 Å². The van der Waals surface area contributed by atoms with Crippen LogP contribution in [0, 0.1) is 20.8 Å². The minimum absolute atomic E-state index is 0.515. The molecular weight excluding hydrogens is 331 g/mol. The van der Waals surface area contributed by atoms with Crippen LogP contribution in [0.3, 0.4) is 0 Å². The Morgan fingerprint density at radius 2 is 0.880 bits per heavy atom. The molecule has 0 spiro atoms. The standard InChI is InChI=1S/C21H21O3P/c1-16-4-10-19(11-5-16)23-25(22,21-14-8-18(3)9-15-21)24-20-12-6-17(2)7-13-20/h4-15H,1-3H3. The second kappa shape index (κ2) is 7.16. The lowest BCUT2D eigenvalue weighted by atomic mass is 10.2. The van der Waals surface area contributed by atoms with Gasteiger partial charge in [-0.05, 0) is 57.2 Å². The van der Waals surface area contributed by atoms with Crippen molar-refractivity contribution in [3.8, 4) is 11.5 Å². The predicted molar refractivity (Wildman–Crippen MR) is 102 cm³/mol. The van der Waals surface area contributed by atoms with Crippen molar-refractivity contribution in [3.05, 3.63) is 89.5 Å². The summed E-state index contributed by atoms with van der Waals surface area (Å²) in [6, 6.07) is 22.3. The smallest absolute Gasteiger partial charge is 0.413 e. The molecule has 0 fully saturated rings. The van der Waals surface area contributed by atoms with Gasteiger partial charge in [-0.1, -0.05) is 53.1 Å². The molecule has 0 N–H and O–H groups in total. The van der Waals surface area contributed by atoms with Gasteiger partial charge in [-0.25, -0.2) is 4.57 Å². The van der Waals surface area contributed by atoms with Crippen LogP contribution in [0.2, 0.25) is 0 Å². The highest BCUT2D eigenvalue weighted by atomic mass is 31.2. The predicted octanol–water partition coefficient (Wildman–Crippen LogP) is 5.59. The Hall–Kier alpha value is -2.51. The van der Waals surface area contributed by atoms with Crippen LogP contribution in [0.1, 0.15) is 16.7 Å². The molecule has 0 heterocycles. The van der Waals surface area contributed by atoms with Gasteiger partial charge in [-0.15, -0.1) is 0 Å². The second-order valence-electron chi connectivity index (χ2n) is 6.14. The average Bonchev–Trinajstić information content (AvgIpc) is 2.60. The van der Waals surface area contributed by atoms with Crippen LogP contribution in [0.4, 0.5) is 0 Å². The van der Waals surface area contributed by atoms with Crippen LogP contribution < -0.4 is 14.4 Å². The highest BCUT2D eigenvalue weighted by Crippen LogP contribution is 2.47. The van der Waals surface area contributed by atoms with Gasteiger partial charge in [0.15, 0.2) is 0 Å². The summed E-state index contributed by atoms with van der Waals surface area (Å²) in [6.07, 6.45) is 0. The molecule has 0 aliphatic rings. The monoisotopic (exact) mass is 352 g/mol. The summed E-state index contributed by atoms with van der Waals surface area (Å²) >= 11 is 0. The first-order valence-corrected chi connectivity index (χ1v) is 9.69. The zero-order chi connectivity index (χ0) is 17.9. The molecule has 0 aromatic heterocycles. The molecule has 3 aromatic rings. The topological polar surface area (TPSA) is 35.5 Å². The van der Waals surface area contributed by atoms with Crippen LogP contribution in [0.15, 0.2) is 72.8 Å². The van der Waals surface area contributed by atoms with Crippen molar-refractivity contribution >= 4 is 12.9 Å². The Labute approximate surface area is 148 Å². The minimum Gasteiger partial charge on any atom is -0.413 e. The van der Waals surface area contributed by atoms with E-state index in [1.807, 2.05) is 57.2 Å². The number of benzene rings is 3. The average molecular weight is 352 g/mol. The van der Waals surface area contributed by atoms with Gasteiger partial charge in [0.05, 0.1) is 5.30 Å². The molecule has 3 rings (SSSR count). The Balaban J connectivity index is 1.97. The van der Waals surface area contributed by atoms with E-state index in [1.165, 1.54) is 0 Å². The summed E-state index contributed by atoms with van der Waals surface area (Å²) in [5.74, 6) is 1.03. The zero-order valence-corrected chi connectivity index (χ0v) is 15.5. The van der Waals surface area contributed by atoms with Gasteiger partial charge in [0.1, 0.15) is 11.5 Å². The van der Waals surface area contributed by atoms with Gasteiger partial charge in [0.2, 0.25) is 0 Å². The van der Waals surface area contributed by atoms with Crippen molar-refractivity contribution in [1.82, 2.24) is 0 Å². The molecule has 4 heteroatoms. The van der Waals surface area contributed by atoms with E-state index < -0.39 is 7.60 Å². The Morgan fingerprint density at radius 3 is 1.24 bits per heavy atom. The molecule has 3 nitrogen and oxygen atoms in total. The van der Waals surface area contributed by atoms with Crippen molar-refractivity contribution in [2.24, 2.45) is 0 Å². The van der Waals surface area contributed by atoms with Gasteiger partial charge in [-0.3, -0.25) is 0 Å². The lowest BCUT2D eigenvalue weighted by Crippen LogP contribution is -2.14. The molecular formula is C21H21O3P. The van der Waals surface area contributed by atoms with Gasteiger partial charge in [-0.2, -0.15) is 0 Å². The van der Waals surface area contributed by atoms with E-state index >= 15 is 0 Å². The fraction of sp³-hybridized carbons (Fsp3) is 0.143. The molecule has 0 aliphatic heterocycles. The fourth-order valence-electron chi connectivity index (χ4n) is 2.33. The SMILES string of the molecule is Cc1ccc(OP(=O)(Oc2ccc(C)cc2)c2ccc(C)cc2)cc1. The number of hydrogen-bond donors (Lipinski definition) is 0. The maximum Gasteiger partial charge on any atom is 0.462 e. The van der Waals surface area contributed by atoms with Gasteiger partial charge in [0.25, 0.3) is 0 Å². The van der Waals surface area contributed by atoms with E-state index in [-0.39, 0.29) is 0 Å². The lowest BCUT2D eigenvalue weighted by molar-refractivity contribution is 0.399. The first kappa shape index (κ1) is 17.3. The minimum atomic E-state index is -3.57. The number of aryl methyl sites for hydroxylation is 3. The maximum atomic E-state index is 13.6. The third kappa shape index (κ3) is 4.32. The summed E-state index contributed by atoms with van der Waals surface area (Å²) in [5, 5.41) is 0.527. The summed E-state index contributed by atoms with van der Waals surface area (Å²) in [5.41, 5.74) is 3.30. The molecule has 128 valence electrons. The summed E-state index contributed by atoms with van der Waals surface area (Å²) in [4.78, 5) is 0. The molecule has 0 saturated carbocycles. The summed E-state index contributed by atoms with van der Waals surface area (Å²) < 4.78 is 25.3. The molecule has 0 unspecified atom stereocenters. The van der Waals surface area contributed by atoms with E-state index in [9.17, 15) is 4.57 Å². The number of hydrogen-bond acceptors (Lipinski definition) is 3. The molecule has 0 bridgehead atoms. The van der Waals surface area contributed by atoms with Crippen molar-refractivity contribution in [2.45, 2.75) is 20.8 Å². The third-order valence-corrected chi connectivity index (χ3v) is 5.68. The summed E-state index contributed by atoms with van der Waals surface area (Å²) in [6.45, 7) is 5.97. The third-order valence-electron chi connectivity index (χ3n) is 3.84. The van der Waals surface area contributed by atoms with Gasteiger partial charge >= 0.3 is 7.60 Å². The van der Waals surface area contributed by atoms with Crippen LogP contribution in [0.25, 0.3) is 0 Å². The number of rotatable bonds is 5. The van der Waals surface area contributed by atoms with Crippen LogP contribution in [-0.2, 0) is 4.57 Å². The van der Waals surface area contributed by atoms with Gasteiger partial charge in [0, 0.05) is 0 Å². The van der Waals surface area contributed by atoms with E-state index in [1.54, 1.807) is 36.4 Å². The lowest BCUT2D eigenvalue weighted by Gasteiger charge is -2.20. The van der Waals surface area contributed by atoms with Crippen LogP contribution in [0.5, 0.6) is 11.5 Å². The largest absolute Gasteiger partial charge is 0.462 e. The molecule has 0 radical (unpaired) electrons. The van der Waals surface area contributed by atoms with E-state index in [0.29, 0.717) is 16.8 Å². The molecule has 25 heavy (non-hydrogen) atoms. The molecule has 0 aliphatic carbocycles. The molecule has 0 atom stereocenters. The van der Waals surface area contributed by atoms with Crippen LogP contribution >= 0.6 is 7.60 Å². The van der Waals surface area contributed by atoms with Crippen LogP contribution in [-0.4, -0.2) is 0 Å². The Bertz CT molecular complexity index is 830. The quantitative estimate of drug-likeness (QED) is 0.562. The highest BCUT2D eigenvalue weighted by Gasteiger charge is 2.31. The van der Waals surface area contributed by atoms with Crippen molar-refractivity contribution < 1.29 is 13.6 Å². The fourth-order valence-corrected chi connectivity index (χ4v) is 3.89. The summed E-state index contributed by atoms with van der Waals surface area (Å²) in [7, 11) is -3.57. The van der Waals surface area contributed by atoms with E-state index in [2.05, 4.69) is 0 Å². The highest BCUT2D eigenvalue weighted by molar-refractivity contribution is 7.63. The molecule has 3 aromatic carbocycles. The van der Waals surface area contributed by atoms with E-state index in [4.69, 9.17) is 9.05 Å². The zero-order valence-electron chi connectivity index (χ0n) is 14.6. The maximum absolute atomic E-state index is 13.6. The van der Waals surface area contributed by atoms with E-state index in [0.717, 1.165) is 16.7 Å². The normalized spacial score (nSPS) is 11.2. The second-order valence-corrected chi connectivity index (χ2v) is 8.02. The Kier molecular flexibility index (Phi) is 4.96. The Morgan fingerprint density at radius 1 is 0.560 bits per heavy atom. The van der Waals surface area contributed by atoms with Crippen molar-refractivity contribution in [3.63, 3.8) is 0 Å².